The van der Waals surface area contributed by atoms with Gasteiger partial charge in [0.15, 0.2) is 0 Å². The maximum atomic E-state index is 12.3. The Morgan fingerprint density at radius 1 is 0.920 bits per heavy atom. The van der Waals surface area contributed by atoms with E-state index in [4.69, 9.17) is 4.74 Å². The SMILES string of the molecule is CCCOc1ccc(C(=O)Nc2ccc(NC(=O)C(C)C)cc2)cc1. The zero-order valence-corrected chi connectivity index (χ0v) is 14.8. The van der Waals surface area contributed by atoms with Gasteiger partial charge in [-0.2, -0.15) is 0 Å². The Morgan fingerprint density at radius 3 is 2.00 bits per heavy atom. The molecule has 2 rings (SSSR count). The molecule has 0 radical (unpaired) electrons. The number of carbonyl (C=O) groups excluding carboxylic acids is 2. The van der Waals surface area contributed by atoms with Gasteiger partial charge in [-0.15, -0.1) is 0 Å². The van der Waals surface area contributed by atoms with Crippen LogP contribution in [0.2, 0.25) is 0 Å². The van der Waals surface area contributed by atoms with Crippen LogP contribution in [-0.2, 0) is 4.79 Å². The summed E-state index contributed by atoms with van der Waals surface area (Å²) in [5, 5.41) is 5.64. The van der Waals surface area contributed by atoms with Crippen molar-refractivity contribution in [2.24, 2.45) is 5.92 Å². The molecule has 0 heterocycles. The Bertz CT molecular complexity index is 707. The summed E-state index contributed by atoms with van der Waals surface area (Å²) in [6, 6.07) is 14.1. The molecule has 5 nitrogen and oxygen atoms in total. The van der Waals surface area contributed by atoms with Crippen LogP contribution in [0.5, 0.6) is 5.75 Å². The third-order valence-electron chi connectivity index (χ3n) is 3.52. The van der Waals surface area contributed by atoms with Crippen molar-refractivity contribution in [1.82, 2.24) is 0 Å². The molecule has 5 heteroatoms. The fourth-order valence-corrected chi connectivity index (χ4v) is 2.05. The lowest BCUT2D eigenvalue weighted by Crippen LogP contribution is -2.17. The number of benzene rings is 2. The molecule has 0 unspecified atom stereocenters. The third-order valence-corrected chi connectivity index (χ3v) is 3.52. The van der Waals surface area contributed by atoms with Crippen molar-refractivity contribution in [2.75, 3.05) is 17.2 Å². The van der Waals surface area contributed by atoms with Gasteiger partial charge < -0.3 is 15.4 Å². The van der Waals surface area contributed by atoms with Crippen LogP contribution >= 0.6 is 0 Å². The van der Waals surface area contributed by atoms with Crippen LogP contribution < -0.4 is 15.4 Å². The van der Waals surface area contributed by atoms with Gasteiger partial charge in [-0.25, -0.2) is 0 Å². The maximum Gasteiger partial charge on any atom is 0.255 e. The zero-order chi connectivity index (χ0) is 18.2. The second kappa shape index (κ2) is 8.87. The van der Waals surface area contributed by atoms with Gasteiger partial charge in [0, 0.05) is 22.9 Å². The average Bonchev–Trinajstić information content (AvgIpc) is 2.61. The lowest BCUT2D eigenvalue weighted by molar-refractivity contribution is -0.118. The predicted octanol–water partition coefficient (Wildman–Crippen LogP) is 4.32. The molecule has 0 aliphatic carbocycles. The van der Waals surface area contributed by atoms with Gasteiger partial charge in [-0.1, -0.05) is 20.8 Å². The highest BCUT2D eigenvalue weighted by Gasteiger charge is 2.08. The van der Waals surface area contributed by atoms with Crippen LogP contribution in [0.4, 0.5) is 11.4 Å². The van der Waals surface area contributed by atoms with Crippen LogP contribution in [0, 0.1) is 5.92 Å². The normalized spacial score (nSPS) is 10.4. The van der Waals surface area contributed by atoms with Gasteiger partial charge in [-0.05, 0) is 55.0 Å². The predicted molar refractivity (Wildman–Crippen MR) is 100 cm³/mol. The summed E-state index contributed by atoms with van der Waals surface area (Å²) in [7, 11) is 0. The van der Waals surface area contributed by atoms with Gasteiger partial charge >= 0.3 is 0 Å². The fraction of sp³-hybridized carbons (Fsp3) is 0.300. The second-order valence-corrected chi connectivity index (χ2v) is 6.05. The number of rotatable bonds is 7. The van der Waals surface area contributed by atoms with Crippen LogP contribution in [0.25, 0.3) is 0 Å². The van der Waals surface area contributed by atoms with Crippen molar-refractivity contribution in [1.29, 1.82) is 0 Å². The van der Waals surface area contributed by atoms with E-state index in [0.29, 0.717) is 23.5 Å². The highest BCUT2D eigenvalue weighted by atomic mass is 16.5. The first-order valence-electron chi connectivity index (χ1n) is 8.44. The lowest BCUT2D eigenvalue weighted by Gasteiger charge is -2.10. The van der Waals surface area contributed by atoms with Crippen LogP contribution in [0.15, 0.2) is 48.5 Å². The molecule has 132 valence electrons. The minimum Gasteiger partial charge on any atom is -0.494 e. The fourth-order valence-electron chi connectivity index (χ4n) is 2.05. The van der Waals surface area contributed by atoms with Gasteiger partial charge in [-0.3, -0.25) is 9.59 Å². The van der Waals surface area contributed by atoms with E-state index in [0.717, 1.165) is 12.2 Å². The molecule has 0 aromatic heterocycles. The molecule has 0 atom stereocenters. The molecule has 0 bridgehead atoms. The highest BCUT2D eigenvalue weighted by molar-refractivity contribution is 6.04. The number of ether oxygens (including phenoxy) is 1. The van der Waals surface area contributed by atoms with Gasteiger partial charge in [0.1, 0.15) is 5.75 Å². The van der Waals surface area contributed by atoms with Crippen molar-refractivity contribution in [2.45, 2.75) is 27.2 Å². The molecule has 25 heavy (non-hydrogen) atoms. The molecular formula is C20H24N2O3. The zero-order valence-electron chi connectivity index (χ0n) is 14.8. The minimum atomic E-state index is -0.194. The number of amides is 2. The summed E-state index contributed by atoms with van der Waals surface area (Å²) >= 11 is 0. The summed E-state index contributed by atoms with van der Waals surface area (Å²) in [6.07, 6.45) is 0.940. The number of anilines is 2. The molecule has 0 fully saturated rings. The highest BCUT2D eigenvalue weighted by Crippen LogP contribution is 2.17. The minimum absolute atomic E-state index is 0.0397. The molecule has 2 aromatic rings. The van der Waals surface area contributed by atoms with Crippen LogP contribution in [0.1, 0.15) is 37.6 Å². The van der Waals surface area contributed by atoms with Crippen molar-refractivity contribution in [3.8, 4) is 5.75 Å². The third kappa shape index (κ3) is 5.64. The first-order chi connectivity index (χ1) is 12.0. The topological polar surface area (TPSA) is 67.4 Å². The summed E-state index contributed by atoms with van der Waals surface area (Å²) in [5.74, 6) is 0.440. The first kappa shape index (κ1) is 18.5. The lowest BCUT2D eigenvalue weighted by atomic mass is 10.2. The van der Waals surface area contributed by atoms with Crippen LogP contribution in [-0.4, -0.2) is 18.4 Å². The van der Waals surface area contributed by atoms with E-state index in [1.54, 1.807) is 48.5 Å². The summed E-state index contributed by atoms with van der Waals surface area (Å²) in [4.78, 5) is 23.9. The molecule has 0 aliphatic heterocycles. The van der Waals surface area contributed by atoms with Crippen molar-refractivity contribution >= 4 is 23.2 Å². The largest absolute Gasteiger partial charge is 0.494 e. The molecule has 2 amide bonds. The number of carbonyl (C=O) groups is 2. The summed E-state index contributed by atoms with van der Waals surface area (Å²) in [6.45, 7) is 6.37. The molecule has 2 aromatic carbocycles. The molecule has 0 saturated heterocycles. The monoisotopic (exact) mass is 340 g/mol. The standard InChI is InChI=1S/C20H24N2O3/c1-4-13-25-18-11-5-15(6-12-18)20(24)22-17-9-7-16(8-10-17)21-19(23)14(2)3/h5-12,14H,4,13H2,1-3H3,(H,21,23)(H,22,24). The number of nitrogens with one attached hydrogen (secondary N) is 2. The van der Waals surface area contributed by atoms with Crippen LogP contribution in [0.3, 0.4) is 0 Å². The van der Waals surface area contributed by atoms with E-state index >= 15 is 0 Å². The molecular weight excluding hydrogens is 316 g/mol. The quantitative estimate of drug-likeness (QED) is 0.788. The number of hydrogen-bond donors (Lipinski definition) is 2. The van der Waals surface area contributed by atoms with Gasteiger partial charge in [0.2, 0.25) is 5.91 Å². The van der Waals surface area contributed by atoms with Gasteiger partial charge in [0.25, 0.3) is 5.91 Å². The van der Waals surface area contributed by atoms with E-state index in [2.05, 4.69) is 10.6 Å². The maximum absolute atomic E-state index is 12.3. The van der Waals surface area contributed by atoms with Crippen molar-refractivity contribution < 1.29 is 14.3 Å². The van der Waals surface area contributed by atoms with E-state index in [-0.39, 0.29) is 17.7 Å². The summed E-state index contributed by atoms with van der Waals surface area (Å²) < 4.78 is 5.50. The Labute approximate surface area is 148 Å². The second-order valence-electron chi connectivity index (χ2n) is 6.05. The van der Waals surface area contributed by atoms with Gasteiger partial charge in [0.05, 0.1) is 6.61 Å². The van der Waals surface area contributed by atoms with E-state index in [1.165, 1.54) is 0 Å². The van der Waals surface area contributed by atoms with E-state index in [1.807, 2.05) is 20.8 Å². The Morgan fingerprint density at radius 2 is 1.48 bits per heavy atom. The Kier molecular flexibility index (Phi) is 6.57. The smallest absolute Gasteiger partial charge is 0.255 e. The molecule has 0 spiro atoms. The van der Waals surface area contributed by atoms with Crippen molar-refractivity contribution in [3.05, 3.63) is 54.1 Å². The van der Waals surface area contributed by atoms with E-state index < -0.39 is 0 Å². The molecule has 0 saturated carbocycles. The van der Waals surface area contributed by atoms with Crippen molar-refractivity contribution in [3.63, 3.8) is 0 Å². The first-order valence-corrected chi connectivity index (χ1v) is 8.44. The molecule has 0 aliphatic rings. The van der Waals surface area contributed by atoms with E-state index in [9.17, 15) is 9.59 Å². The Balaban J connectivity index is 1.94. The average molecular weight is 340 g/mol. The summed E-state index contributed by atoms with van der Waals surface area (Å²) in [5.41, 5.74) is 1.93. The number of hydrogen-bond acceptors (Lipinski definition) is 3. The molecule has 2 N–H and O–H groups in total. The Hall–Kier alpha value is -2.82.